The Balaban J connectivity index is 5.45. The van der Waals surface area contributed by atoms with Gasteiger partial charge >= 0.3 is 5.97 Å². The lowest BCUT2D eigenvalue weighted by Gasteiger charge is -2.25. The van der Waals surface area contributed by atoms with Crippen molar-refractivity contribution in [1.29, 1.82) is 0 Å². The van der Waals surface area contributed by atoms with Gasteiger partial charge in [0.1, 0.15) is 18.1 Å². The summed E-state index contributed by atoms with van der Waals surface area (Å²) in [5, 5.41) is 16.4. The minimum atomic E-state index is -1.44. The standard InChI is InChI=1S/C18H34N8O6/c1-3-9(2)14(17(31)32)26-16(30)11(7-12(20)27)25-15(29)10(24-13(28)8-19)5-4-6-23-18(21)22/h9-11,14H,3-8,19H2,1-2H3,(H2,20,27)(H,24,28)(H,25,29)(H,26,30)(H,31,32)(H4,21,22,23). The average Bonchev–Trinajstić information content (AvgIpc) is 2.71. The molecule has 32 heavy (non-hydrogen) atoms. The third kappa shape index (κ3) is 11.1. The van der Waals surface area contributed by atoms with Crippen molar-refractivity contribution in [2.75, 3.05) is 13.1 Å². The van der Waals surface area contributed by atoms with E-state index < -0.39 is 60.1 Å². The van der Waals surface area contributed by atoms with Gasteiger partial charge in [0.05, 0.1) is 13.0 Å². The van der Waals surface area contributed by atoms with Gasteiger partial charge < -0.3 is 44.0 Å². The number of hydrogen-bond donors (Lipinski definition) is 8. The molecule has 0 aromatic carbocycles. The average molecular weight is 459 g/mol. The number of rotatable bonds is 15. The summed E-state index contributed by atoms with van der Waals surface area (Å²) in [4.78, 5) is 63.7. The number of carbonyl (C=O) groups is 5. The van der Waals surface area contributed by atoms with Crippen LogP contribution < -0.4 is 38.9 Å². The monoisotopic (exact) mass is 458 g/mol. The first-order valence-corrected chi connectivity index (χ1v) is 10.1. The van der Waals surface area contributed by atoms with Crippen LogP contribution in [0.4, 0.5) is 0 Å². The Morgan fingerprint density at radius 2 is 1.56 bits per heavy atom. The van der Waals surface area contributed by atoms with E-state index in [4.69, 9.17) is 22.9 Å². The van der Waals surface area contributed by atoms with Crippen LogP contribution in [0, 0.1) is 5.92 Å². The van der Waals surface area contributed by atoms with Crippen LogP contribution >= 0.6 is 0 Å². The lowest BCUT2D eigenvalue weighted by atomic mass is 9.98. The summed E-state index contributed by atoms with van der Waals surface area (Å²) in [7, 11) is 0. The van der Waals surface area contributed by atoms with Crippen molar-refractivity contribution < 1.29 is 29.1 Å². The number of nitrogens with one attached hydrogen (secondary N) is 3. The number of aliphatic imine (C=N–C) groups is 1. The van der Waals surface area contributed by atoms with Crippen LogP contribution in [0.2, 0.25) is 0 Å². The minimum absolute atomic E-state index is 0.101. The third-order valence-electron chi connectivity index (χ3n) is 4.60. The zero-order chi connectivity index (χ0) is 24.8. The van der Waals surface area contributed by atoms with Gasteiger partial charge in [-0.3, -0.25) is 24.2 Å². The highest BCUT2D eigenvalue weighted by Gasteiger charge is 2.32. The minimum Gasteiger partial charge on any atom is -0.480 e. The SMILES string of the molecule is CCC(C)C(NC(=O)C(CC(N)=O)NC(=O)C(CCCN=C(N)N)NC(=O)CN)C(=O)O. The lowest BCUT2D eigenvalue weighted by Crippen LogP contribution is -2.57. The van der Waals surface area contributed by atoms with E-state index in [9.17, 15) is 29.1 Å². The van der Waals surface area contributed by atoms with E-state index in [1.54, 1.807) is 13.8 Å². The molecular weight excluding hydrogens is 424 g/mol. The summed E-state index contributed by atoms with van der Waals surface area (Å²) in [5.74, 6) is -4.99. The fourth-order valence-corrected chi connectivity index (χ4v) is 2.65. The Bertz CT molecular complexity index is 710. The summed E-state index contributed by atoms with van der Waals surface area (Å²) in [6.45, 7) is 3.20. The number of primary amides is 1. The zero-order valence-electron chi connectivity index (χ0n) is 18.3. The highest BCUT2D eigenvalue weighted by atomic mass is 16.4. The van der Waals surface area contributed by atoms with Crippen LogP contribution in [-0.2, 0) is 24.0 Å². The van der Waals surface area contributed by atoms with Crippen molar-refractivity contribution in [2.24, 2.45) is 33.8 Å². The molecule has 0 aliphatic carbocycles. The van der Waals surface area contributed by atoms with Crippen LogP contribution in [0.25, 0.3) is 0 Å². The van der Waals surface area contributed by atoms with Gasteiger partial charge in [0.15, 0.2) is 5.96 Å². The van der Waals surface area contributed by atoms with E-state index in [-0.39, 0.29) is 25.5 Å². The van der Waals surface area contributed by atoms with Crippen molar-refractivity contribution in [3.05, 3.63) is 0 Å². The first-order chi connectivity index (χ1) is 14.9. The Kier molecular flexibility index (Phi) is 13.0. The Labute approximate surface area is 185 Å². The highest BCUT2D eigenvalue weighted by Crippen LogP contribution is 2.09. The van der Waals surface area contributed by atoms with Crippen LogP contribution in [0.15, 0.2) is 4.99 Å². The molecule has 0 aliphatic heterocycles. The first-order valence-electron chi connectivity index (χ1n) is 10.1. The maximum atomic E-state index is 12.7. The molecule has 0 aliphatic rings. The molecule has 0 heterocycles. The molecule has 12 N–H and O–H groups in total. The molecule has 4 unspecified atom stereocenters. The first kappa shape index (κ1) is 28.6. The second kappa shape index (κ2) is 14.6. The van der Waals surface area contributed by atoms with Gasteiger partial charge in [-0.1, -0.05) is 20.3 Å². The summed E-state index contributed by atoms with van der Waals surface area (Å²) >= 11 is 0. The molecule has 4 atom stereocenters. The van der Waals surface area contributed by atoms with Crippen molar-refractivity contribution in [2.45, 2.75) is 57.7 Å². The number of aliphatic carboxylic acids is 1. The van der Waals surface area contributed by atoms with E-state index in [1.165, 1.54) is 0 Å². The number of nitrogens with zero attached hydrogens (tertiary/aromatic N) is 1. The third-order valence-corrected chi connectivity index (χ3v) is 4.60. The largest absolute Gasteiger partial charge is 0.480 e. The second-order valence-electron chi connectivity index (χ2n) is 7.21. The number of guanidine groups is 1. The summed E-state index contributed by atoms with van der Waals surface area (Å²) in [6, 6.07) is -3.78. The van der Waals surface area contributed by atoms with E-state index in [1.807, 2.05) is 0 Å². The molecule has 14 heteroatoms. The molecule has 0 radical (unpaired) electrons. The van der Waals surface area contributed by atoms with Crippen LogP contribution in [0.3, 0.4) is 0 Å². The van der Waals surface area contributed by atoms with Crippen LogP contribution in [-0.4, -0.2) is 71.9 Å². The molecule has 0 aromatic heterocycles. The number of hydrogen-bond acceptors (Lipinski definition) is 7. The van der Waals surface area contributed by atoms with Gasteiger partial charge in [-0.15, -0.1) is 0 Å². The number of carbonyl (C=O) groups excluding carboxylic acids is 4. The van der Waals surface area contributed by atoms with E-state index in [0.29, 0.717) is 12.8 Å². The van der Waals surface area contributed by atoms with Crippen molar-refractivity contribution in [3.8, 4) is 0 Å². The zero-order valence-corrected chi connectivity index (χ0v) is 18.3. The molecule has 0 saturated heterocycles. The number of nitrogens with two attached hydrogens (primary N) is 4. The van der Waals surface area contributed by atoms with Gasteiger partial charge in [0, 0.05) is 6.54 Å². The van der Waals surface area contributed by atoms with E-state index in [0.717, 1.165) is 0 Å². The molecule has 0 saturated carbocycles. The molecule has 0 rings (SSSR count). The second-order valence-corrected chi connectivity index (χ2v) is 7.21. The van der Waals surface area contributed by atoms with Gasteiger partial charge in [-0.25, -0.2) is 4.79 Å². The smallest absolute Gasteiger partial charge is 0.326 e. The maximum Gasteiger partial charge on any atom is 0.326 e. The Hall–Kier alpha value is -3.42. The molecular formula is C18H34N8O6. The summed E-state index contributed by atoms with van der Waals surface area (Å²) < 4.78 is 0. The van der Waals surface area contributed by atoms with Gasteiger partial charge in [-0.05, 0) is 18.8 Å². The Morgan fingerprint density at radius 3 is 2.03 bits per heavy atom. The fraction of sp³-hybridized carbons (Fsp3) is 0.667. The molecule has 182 valence electrons. The molecule has 0 aromatic rings. The number of amides is 4. The van der Waals surface area contributed by atoms with Crippen LogP contribution in [0.5, 0.6) is 0 Å². The fourth-order valence-electron chi connectivity index (χ4n) is 2.65. The predicted octanol–water partition coefficient (Wildman–Crippen LogP) is -3.54. The van der Waals surface area contributed by atoms with E-state index >= 15 is 0 Å². The number of carboxylic acid groups (broad SMARTS) is 1. The highest BCUT2D eigenvalue weighted by molar-refractivity contribution is 5.95. The summed E-state index contributed by atoms with van der Waals surface area (Å²) in [5.41, 5.74) is 20.9. The van der Waals surface area contributed by atoms with Gasteiger partial charge in [-0.2, -0.15) is 0 Å². The Morgan fingerprint density at radius 1 is 0.969 bits per heavy atom. The molecule has 0 spiro atoms. The maximum absolute atomic E-state index is 12.7. The molecule has 0 fully saturated rings. The topological polar surface area (TPSA) is 258 Å². The van der Waals surface area contributed by atoms with Crippen molar-refractivity contribution in [1.82, 2.24) is 16.0 Å². The summed E-state index contributed by atoms with van der Waals surface area (Å²) in [6.07, 6.45) is 0.301. The normalized spacial score (nSPS) is 14.2. The lowest BCUT2D eigenvalue weighted by molar-refractivity contribution is -0.144. The van der Waals surface area contributed by atoms with Crippen LogP contribution in [0.1, 0.15) is 39.5 Å². The van der Waals surface area contributed by atoms with Gasteiger partial charge in [0.25, 0.3) is 0 Å². The molecule has 0 bridgehead atoms. The van der Waals surface area contributed by atoms with Crippen molar-refractivity contribution in [3.63, 3.8) is 0 Å². The van der Waals surface area contributed by atoms with Crippen molar-refractivity contribution >= 4 is 35.6 Å². The van der Waals surface area contributed by atoms with E-state index in [2.05, 4.69) is 20.9 Å². The predicted molar refractivity (Wildman–Crippen MR) is 116 cm³/mol. The number of carboxylic acids is 1. The molecule has 14 nitrogen and oxygen atoms in total. The van der Waals surface area contributed by atoms with Gasteiger partial charge in [0.2, 0.25) is 23.6 Å². The quantitative estimate of drug-likeness (QED) is 0.0685. The molecule has 4 amide bonds.